The number of anilines is 2. The van der Waals surface area contributed by atoms with Crippen molar-refractivity contribution in [1.82, 2.24) is 0 Å². The Morgan fingerprint density at radius 1 is 1.56 bits per heavy atom. The first-order valence-corrected chi connectivity index (χ1v) is 6.32. The molecule has 98 valence electrons. The number of Topliss-reactive ketones (excluding diaryl/α,β-unsaturated/α-hetero) is 1. The lowest BCUT2D eigenvalue weighted by molar-refractivity contribution is 0.101. The van der Waals surface area contributed by atoms with E-state index >= 15 is 0 Å². The standard InChI is InChI=1S/C14H20N2O2/c1-9(11-5-6-18-8-11)16-12-3-4-13(10(2)17)14(15)7-12/h3-4,7,9,11,16H,5-6,8,15H2,1-2H3. The van der Waals surface area contributed by atoms with Crippen molar-refractivity contribution in [2.45, 2.75) is 26.3 Å². The third-order valence-electron chi connectivity index (χ3n) is 3.50. The van der Waals surface area contributed by atoms with E-state index in [4.69, 9.17) is 10.5 Å². The van der Waals surface area contributed by atoms with Gasteiger partial charge in [0.1, 0.15) is 0 Å². The van der Waals surface area contributed by atoms with Crippen LogP contribution in [0.25, 0.3) is 0 Å². The number of nitrogens with one attached hydrogen (secondary N) is 1. The molecule has 1 heterocycles. The Hall–Kier alpha value is -1.55. The largest absolute Gasteiger partial charge is 0.398 e. The summed E-state index contributed by atoms with van der Waals surface area (Å²) in [5.74, 6) is 0.537. The average Bonchev–Trinajstić information content (AvgIpc) is 2.81. The molecule has 1 aliphatic heterocycles. The Morgan fingerprint density at radius 2 is 2.33 bits per heavy atom. The summed E-state index contributed by atoms with van der Waals surface area (Å²) >= 11 is 0. The summed E-state index contributed by atoms with van der Waals surface area (Å²) in [7, 11) is 0. The van der Waals surface area contributed by atoms with Crippen molar-refractivity contribution >= 4 is 17.2 Å². The van der Waals surface area contributed by atoms with Crippen LogP contribution >= 0.6 is 0 Å². The van der Waals surface area contributed by atoms with Gasteiger partial charge in [-0.15, -0.1) is 0 Å². The lowest BCUT2D eigenvalue weighted by Crippen LogP contribution is -2.26. The van der Waals surface area contributed by atoms with Crippen LogP contribution in [0.4, 0.5) is 11.4 Å². The van der Waals surface area contributed by atoms with Crippen LogP contribution in [0, 0.1) is 5.92 Å². The van der Waals surface area contributed by atoms with Gasteiger partial charge in [-0.25, -0.2) is 0 Å². The monoisotopic (exact) mass is 248 g/mol. The van der Waals surface area contributed by atoms with Crippen molar-refractivity contribution in [3.63, 3.8) is 0 Å². The zero-order chi connectivity index (χ0) is 13.1. The van der Waals surface area contributed by atoms with E-state index in [2.05, 4.69) is 12.2 Å². The first-order valence-electron chi connectivity index (χ1n) is 6.32. The van der Waals surface area contributed by atoms with Gasteiger partial charge in [0.15, 0.2) is 5.78 Å². The Morgan fingerprint density at radius 3 is 2.89 bits per heavy atom. The maximum atomic E-state index is 11.3. The minimum atomic E-state index is -0.00343. The molecule has 1 saturated heterocycles. The number of benzene rings is 1. The van der Waals surface area contributed by atoms with Crippen LogP contribution in [0.15, 0.2) is 18.2 Å². The number of ether oxygens (including phenoxy) is 1. The topological polar surface area (TPSA) is 64.3 Å². The molecule has 4 heteroatoms. The molecular weight excluding hydrogens is 228 g/mol. The molecule has 0 saturated carbocycles. The van der Waals surface area contributed by atoms with Crippen LogP contribution in [-0.2, 0) is 4.74 Å². The third kappa shape index (κ3) is 2.82. The zero-order valence-electron chi connectivity index (χ0n) is 10.9. The highest BCUT2D eigenvalue weighted by Gasteiger charge is 2.22. The smallest absolute Gasteiger partial charge is 0.161 e. The van der Waals surface area contributed by atoms with E-state index in [1.54, 1.807) is 6.07 Å². The van der Waals surface area contributed by atoms with Gasteiger partial charge in [0.25, 0.3) is 0 Å². The zero-order valence-corrected chi connectivity index (χ0v) is 10.9. The van der Waals surface area contributed by atoms with Crippen LogP contribution in [0.2, 0.25) is 0 Å². The molecular formula is C14H20N2O2. The summed E-state index contributed by atoms with van der Waals surface area (Å²) in [6.45, 7) is 5.34. The number of ketones is 1. The van der Waals surface area contributed by atoms with Gasteiger partial charge in [-0.3, -0.25) is 4.79 Å². The SMILES string of the molecule is CC(=O)c1ccc(NC(C)C2CCOC2)cc1N. The fourth-order valence-electron chi connectivity index (χ4n) is 2.30. The van der Waals surface area contributed by atoms with Gasteiger partial charge < -0.3 is 15.8 Å². The van der Waals surface area contributed by atoms with E-state index in [0.717, 1.165) is 25.3 Å². The molecule has 0 spiro atoms. The quantitative estimate of drug-likeness (QED) is 0.634. The van der Waals surface area contributed by atoms with Gasteiger partial charge >= 0.3 is 0 Å². The fraction of sp³-hybridized carbons (Fsp3) is 0.500. The molecule has 2 atom stereocenters. The second-order valence-electron chi connectivity index (χ2n) is 4.91. The Bertz CT molecular complexity index is 439. The average molecular weight is 248 g/mol. The molecule has 1 aliphatic rings. The first kappa shape index (κ1) is 12.9. The summed E-state index contributed by atoms with van der Waals surface area (Å²) in [5, 5.41) is 3.42. The van der Waals surface area contributed by atoms with E-state index in [1.807, 2.05) is 12.1 Å². The van der Waals surface area contributed by atoms with Crippen molar-refractivity contribution in [1.29, 1.82) is 0 Å². The van der Waals surface area contributed by atoms with Crippen molar-refractivity contribution in [3.8, 4) is 0 Å². The number of hydrogen-bond acceptors (Lipinski definition) is 4. The summed E-state index contributed by atoms with van der Waals surface area (Å²) in [4.78, 5) is 11.3. The van der Waals surface area contributed by atoms with Crippen molar-refractivity contribution in [2.75, 3.05) is 24.3 Å². The number of nitrogens with two attached hydrogens (primary N) is 1. The molecule has 3 N–H and O–H groups in total. The lowest BCUT2D eigenvalue weighted by Gasteiger charge is -2.21. The second kappa shape index (κ2) is 5.40. The van der Waals surface area contributed by atoms with Crippen LogP contribution in [0.1, 0.15) is 30.6 Å². The van der Waals surface area contributed by atoms with Gasteiger partial charge in [0.2, 0.25) is 0 Å². The Labute approximate surface area is 108 Å². The van der Waals surface area contributed by atoms with E-state index < -0.39 is 0 Å². The first-order chi connectivity index (χ1) is 8.58. The summed E-state index contributed by atoms with van der Waals surface area (Å²) in [6.07, 6.45) is 1.09. The molecule has 0 aromatic heterocycles. The van der Waals surface area contributed by atoms with Crippen LogP contribution in [0.3, 0.4) is 0 Å². The predicted molar refractivity (Wildman–Crippen MR) is 72.9 cm³/mol. The van der Waals surface area contributed by atoms with Gasteiger partial charge in [-0.2, -0.15) is 0 Å². The number of rotatable bonds is 4. The third-order valence-corrected chi connectivity index (χ3v) is 3.50. The number of carbonyl (C=O) groups is 1. The molecule has 2 unspecified atom stereocenters. The molecule has 2 rings (SSSR count). The van der Waals surface area contributed by atoms with Crippen LogP contribution in [0.5, 0.6) is 0 Å². The molecule has 4 nitrogen and oxygen atoms in total. The fourth-order valence-corrected chi connectivity index (χ4v) is 2.30. The highest BCUT2D eigenvalue weighted by molar-refractivity contribution is 5.99. The highest BCUT2D eigenvalue weighted by Crippen LogP contribution is 2.23. The normalized spacial score (nSPS) is 20.7. The molecule has 1 aromatic rings. The Kier molecular flexibility index (Phi) is 3.87. The molecule has 0 radical (unpaired) electrons. The van der Waals surface area contributed by atoms with E-state index in [9.17, 15) is 4.79 Å². The van der Waals surface area contributed by atoms with E-state index in [1.165, 1.54) is 6.92 Å². The minimum absolute atomic E-state index is 0.00343. The molecule has 0 amide bonds. The predicted octanol–water partition coefficient (Wildman–Crippen LogP) is 2.31. The number of carbonyl (C=O) groups excluding carboxylic acids is 1. The van der Waals surface area contributed by atoms with Gasteiger partial charge in [-0.05, 0) is 38.5 Å². The van der Waals surface area contributed by atoms with Crippen LogP contribution in [-0.4, -0.2) is 25.0 Å². The molecule has 0 bridgehead atoms. The van der Waals surface area contributed by atoms with Gasteiger partial charge in [-0.1, -0.05) is 0 Å². The lowest BCUT2D eigenvalue weighted by atomic mass is 10.00. The minimum Gasteiger partial charge on any atom is -0.398 e. The van der Waals surface area contributed by atoms with Crippen molar-refractivity contribution in [2.24, 2.45) is 5.92 Å². The summed E-state index contributed by atoms with van der Waals surface area (Å²) in [5.41, 5.74) is 7.93. The van der Waals surface area contributed by atoms with Crippen LogP contribution < -0.4 is 11.1 Å². The number of nitrogen functional groups attached to an aromatic ring is 1. The van der Waals surface area contributed by atoms with Crippen molar-refractivity contribution < 1.29 is 9.53 Å². The maximum absolute atomic E-state index is 11.3. The van der Waals surface area contributed by atoms with Gasteiger partial charge in [0.05, 0.1) is 6.61 Å². The molecule has 1 fully saturated rings. The number of hydrogen-bond donors (Lipinski definition) is 2. The van der Waals surface area contributed by atoms with E-state index in [-0.39, 0.29) is 5.78 Å². The molecule has 1 aromatic carbocycles. The highest BCUT2D eigenvalue weighted by atomic mass is 16.5. The maximum Gasteiger partial charge on any atom is 0.161 e. The van der Waals surface area contributed by atoms with Crippen molar-refractivity contribution in [3.05, 3.63) is 23.8 Å². The second-order valence-corrected chi connectivity index (χ2v) is 4.91. The molecule has 0 aliphatic carbocycles. The molecule has 18 heavy (non-hydrogen) atoms. The summed E-state index contributed by atoms with van der Waals surface area (Å²) in [6, 6.07) is 5.84. The van der Waals surface area contributed by atoms with Gasteiger partial charge in [0, 0.05) is 35.5 Å². The van der Waals surface area contributed by atoms with E-state index in [0.29, 0.717) is 23.2 Å². The summed E-state index contributed by atoms with van der Waals surface area (Å²) < 4.78 is 5.38. The Balaban J connectivity index is 2.05.